The second-order valence-corrected chi connectivity index (χ2v) is 5.45. The van der Waals surface area contributed by atoms with Gasteiger partial charge in [-0.3, -0.25) is 0 Å². The first-order valence-corrected chi connectivity index (χ1v) is 7.60. The summed E-state index contributed by atoms with van der Waals surface area (Å²) in [6.07, 6.45) is 3.59. The van der Waals surface area contributed by atoms with Gasteiger partial charge in [0.05, 0.1) is 17.6 Å². The lowest BCUT2D eigenvalue weighted by atomic mass is 10.1. The molecule has 118 valence electrons. The summed E-state index contributed by atoms with van der Waals surface area (Å²) in [5.41, 5.74) is 4.25. The summed E-state index contributed by atoms with van der Waals surface area (Å²) in [7, 11) is 0. The molecule has 0 unspecified atom stereocenters. The van der Waals surface area contributed by atoms with Gasteiger partial charge in [-0.05, 0) is 29.8 Å². The van der Waals surface area contributed by atoms with Crippen molar-refractivity contribution >= 4 is 16.7 Å². The van der Waals surface area contributed by atoms with Crippen molar-refractivity contribution in [3.8, 4) is 11.1 Å². The molecule has 0 aliphatic rings. The van der Waals surface area contributed by atoms with E-state index in [-0.39, 0.29) is 5.69 Å². The fourth-order valence-corrected chi connectivity index (χ4v) is 2.54. The topological polar surface area (TPSA) is 86.5 Å². The number of anilines is 1. The number of fused-ring (bicyclic) bond motifs is 1. The Kier molecular flexibility index (Phi) is 3.55. The van der Waals surface area contributed by atoms with Gasteiger partial charge in [-0.15, -0.1) is 0 Å². The van der Waals surface area contributed by atoms with Crippen LogP contribution >= 0.6 is 0 Å². The van der Waals surface area contributed by atoms with Gasteiger partial charge < -0.3 is 15.3 Å². The minimum atomic E-state index is -0.208. The fraction of sp³-hybridized carbons (Fsp3) is 0.0556. The van der Waals surface area contributed by atoms with Crippen LogP contribution in [-0.2, 0) is 6.54 Å². The van der Waals surface area contributed by atoms with E-state index in [4.69, 9.17) is 0 Å². The Bertz CT molecular complexity index is 1020. The predicted octanol–water partition coefficient (Wildman–Crippen LogP) is 2.93. The molecule has 6 heteroatoms. The molecule has 0 spiro atoms. The highest BCUT2D eigenvalue weighted by Crippen LogP contribution is 2.21. The van der Waals surface area contributed by atoms with Crippen LogP contribution in [0.15, 0.2) is 65.7 Å². The molecule has 0 bridgehead atoms. The number of nitrogens with one attached hydrogen (secondary N) is 3. The summed E-state index contributed by atoms with van der Waals surface area (Å²) < 4.78 is 0. The van der Waals surface area contributed by atoms with E-state index in [0.29, 0.717) is 6.54 Å². The quantitative estimate of drug-likeness (QED) is 0.540. The van der Waals surface area contributed by atoms with E-state index in [1.165, 1.54) is 0 Å². The van der Waals surface area contributed by atoms with Crippen molar-refractivity contribution in [2.24, 2.45) is 0 Å². The molecule has 4 aromatic rings. The van der Waals surface area contributed by atoms with E-state index in [9.17, 15) is 4.79 Å². The summed E-state index contributed by atoms with van der Waals surface area (Å²) in [5, 5.41) is 3.28. The smallest absolute Gasteiger partial charge is 0.323 e. The van der Waals surface area contributed by atoms with Crippen LogP contribution in [0.25, 0.3) is 22.2 Å². The zero-order valence-corrected chi connectivity index (χ0v) is 12.8. The highest BCUT2D eigenvalue weighted by molar-refractivity contribution is 5.81. The molecule has 0 radical (unpaired) electrons. The molecule has 0 atom stereocenters. The third kappa shape index (κ3) is 2.89. The number of hydrogen-bond donors (Lipinski definition) is 3. The predicted molar refractivity (Wildman–Crippen MR) is 93.7 cm³/mol. The van der Waals surface area contributed by atoms with Crippen LogP contribution in [0.5, 0.6) is 0 Å². The number of rotatable bonds is 4. The molecule has 24 heavy (non-hydrogen) atoms. The lowest BCUT2D eigenvalue weighted by Gasteiger charge is -2.06. The van der Waals surface area contributed by atoms with E-state index < -0.39 is 0 Å². The van der Waals surface area contributed by atoms with E-state index in [0.717, 1.165) is 33.7 Å². The normalized spacial score (nSPS) is 10.8. The van der Waals surface area contributed by atoms with Gasteiger partial charge in [0.2, 0.25) is 0 Å². The standard InChI is InChI=1S/C18H15N5O/c24-18-22-15-7-6-12(8-16(15)23-18)13-9-20-17(21-10-13)11-19-14-4-2-1-3-5-14/h1-10,19H,11H2,(H2,22,23,24). The second-order valence-electron chi connectivity index (χ2n) is 5.45. The Morgan fingerprint density at radius 1 is 0.875 bits per heavy atom. The van der Waals surface area contributed by atoms with Crippen LogP contribution in [0.4, 0.5) is 5.69 Å². The molecule has 0 aliphatic heterocycles. The van der Waals surface area contributed by atoms with Crippen LogP contribution in [0, 0.1) is 0 Å². The maximum absolute atomic E-state index is 11.3. The van der Waals surface area contributed by atoms with Gasteiger partial charge in [0.1, 0.15) is 5.82 Å². The lowest BCUT2D eigenvalue weighted by Crippen LogP contribution is -2.03. The van der Waals surface area contributed by atoms with E-state index >= 15 is 0 Å². The zero-order chi connectivity index (χ0) is 16.4. The minimum absolute atomic E-state index is 0.208. The number of benzene rings is 2. The number of H-pyrrole nitrogens is 2. The second kappa shape index (κ2) is 6.00. The molecule has 0 fully saturated rings. The molecule has 0 amide bonds. The SMILES string of the molecule is O=c1[nH]c2ccc(-c3cnc(CNc4ccccc4)nc3)cc2[nH]1. The van der Waals surface area contributed by atoms with Crippen molar-refractivity contribution in [1.82, 2.24) is 19.9 Å². The van der Waals surface area contributed by atoms with E-state index in [1.54, 1.807) is 12.4 Å². The largest absolute Gasteiger partial charge is 0.378 e. The van der Waals surface area contributed by atoms with Gasteiger partial charge in [0.15, 0.2) is 0 Å². The van der Waals surface area contributed by atoms with Crippen LogP contribution < -0.4 is 11.0 Å². The Morgan fingerprint density at radius 2 is 1.62 bits per heavy atom. The number of aromatic amines is 2. The maximum atomic E-state index is 11.3. The molecule has 2 aromatic carbocycles. The molecule has 6 nitrogen and oxygen atoms in total. The number of para-hydroxylation sites is 1. The average molecular weight is 317 g/mol. The number of aromatic nitrogens is 4. The van der Waals surface area contributed by atoms with Crippen LogP contribution in [-0.4, -0.2) is 19.9 Å². The number of hydrogen-bond acceptors (Lipinski definition) is 4. The number of imidazole rings is 1. The molecule has 0 saturated carbocycles. The van der Waals surface area contributed by atoms with Gasteiger partial charge in [-0.2, -0.15) is 0 Å². The summed E-state index contributed by atoms with van der Waals surface area (Å²) in [6, 6.07) is 15.7. The number of nitrogens with zero attached hydrogens (tertiary/aromatic N) is 2. The summed E-state index contributed by atoms with van der Waals surface area (Å²) in [4.78, 5) is 25.6. The lowest BCUT2D eigenvalue weighted by molar-refractivity contribution is 0.950. The third-order valence-corrected chi connectivity index (χ3v) is 3.78. The monoisotopic (exact) mass is 317 g/mol. The Balaban J connectivity index is 1.53. The van der Waals surface area contributed by atoms with Crippen molar-refractivity contribution in [3.63, 3.8) is 0 Å². The van der Waals surface area contributed by atoms with Crippen molar-refractivity contribution in [2.75, 3.05) is 5.32 Å². The molecule has 2 aromatic heterocycles. The Morgan fingerprint density at radius 3 is 2.42 bits per heavy atom. The first-order chi connectivity index (χ1) is 11.8. The van der Waals surface area contributed by atoms with Gasteiger partial charge in [0.25, 0.3) is 0 Å². The van der Waals surface area contributed by atoms with Crippen LogP contribution in [0.1, 0.15) is 5.82 Å². The van der Waals surface area contributed by atoms with Crippen molar-refractivity contribution < 1.29 is 0 Å². The molecule has 3 N–H and O–H groups in total. The molecule has 4 rings (SSSR count). The fourth-order valence-electron chi connectivity index (χ4n) is 2.54. The third-order valence-electron chi connectivity index (χ3n) is 3.78. The molecular formula is C18H15N5O. The molecule has 2 heterocycles. The van der Waals surface area contributed by atoms with E-state index in [1.807, 2.05) is 48.5 Å². The summed E-state index contributed by atoms with van der Waals surface area (Å²) in [5.74, 6) is 0.721. The van der Waals surface area contributed by atoms with Crippen LogP contribution in [0.3, 0.4) is 0 Å². The molecular weight excluding hydrogens is 302 g/mol. The van der Waals surface area contributed by atoms with Gasteiger partial charge in [0, 0.05) is 23.6 Å². The van der Waals surface area contributed by atoms with Crippen molar-refractivity contribution in [2.45, 2.75) is 6.54 Å². The van der Waals surface area contributed by atoms with Crippen LogP contribution in [0.2, 0.25) is 0 Å². The van der Waals surface area contributed by atoms with E-state index in [2.05, 4.69) is 25.3 Å². The first-order valence-electron chi connectivity index (χ1n) is 7.60. The highest BCUT2D eigenvalue weighted by Gasteiger charge is 2.04. The van der Waals surface area contributed by atoms with Gasteiger partial charge in [-0.25, -0.2) is 14.8 Å². The minimum Gasteiger partial charge on any atom is -0.378 e. The Labute approximate surface area is 137 Å². The molecule has 0 saturated heterocycles. The van der Waals surface area contributed by atoms with Gasteiger partial charge in [-0.1, -0.05) is 24.3 Å². The summed E-state index contributed by atoms with van der Waals surface area (Å²) >= 11 is 0. The Hall–Kier alpha value is -3.41. The average Bonchev–Trinajstić information content (AvgIpc) is 3.00. The molecule has 0 aliphatic carbocycles. The zero-order valence-electron chi connectivity index (χ0n) is 12.8. The summed E-state index contributed by atoms with van der Waals surface area (Å²) in [6.45, 7) is 0.564. The van der Waals surface area contributed by atoms with Crippen molar-refractivity contribution in [1.29, 1.82) is 0 Å². The first kappa shape index (κ1) is 14.2. The maximum Gasteiger partial charge on any atom is 0.323 e. The van der Waals surface area contributed by atoms with Gasteiger partial charge >= 0.3 is 5.69 Å². The van der Waals surface area contributed by atoms with Crippen molar-refractivity contribution in [3.05, 3.63) is 77.2 Å². The highest BCUT2D eigenvalue weighted by atomic mass is 16.1.